The van der Waals surface area contributed by atoms with Gasteiger partial charge in [-0.05, 0) is 37.3 Å². The number of rotatable bonds is 8. The molecule has 7 heteroatoms. The number of thioether (sulfide) groups is 1. The van der Waals surface area contributed by atoms with Crippen molar-refractivity contribution in [3.05, 3.63) is 23.2 Å². The van der Waals surface area contributed by atoms with Crippen LogP contribution in [0.4, 0.5) is 11.4 Å². The largest absolute Gasteiger partial charge is 0.465 e. The van der Waals surface area contributed by atoms with E-state index >= 15 is 0 Å². The van der Waals surface area contributed by atoms with Crippen LogP contribution < -0.4 is 11.1 Å². The van der Waals surface area contributed by atoms with Gasteiger partial charge in [0.25, 0.3) is 0 Å². The lowest BCUT2D eigenvalue weighted by Gasteiger charge is -2.08. The summed E-state index contributed by atoms with van der Waals surface area (Å²) in [5.74, 6) is 0.688. The van der Waals surface area contributed by atoms with Crippen molar-refractivity contribution in [3.8, 4) is 0 Å². The van der Waals surface area contributed by atoms with Crippen LogP contribution in [0.2, 0.25) is 5.02 Å². The second-order valence-electron chi connectivity index (χ2n) is 4.24. The van der Waals surface area contributed by atoms with E-state index in [-0.39, 0.29) is 11.9 Å². The molecule has 0 unspecified atom stereocenters. The molecule has 1 rings (SSSR count). The quantitative estimate of drug-likeness (QED) is 0.435. The van der Waals surface area contributed by atoms with Crippen LogP contribution in [-0.4, -0.2) is 30.0 Å². The zero-order valence-corrected chi connectivity index (χ0v) is 13.4. The Labute approximate surface area is 133 Å². The van der Waals surface area contributed by atoms with E-state index < -0.39 is 0 Å². The third-order valence-electron chi connectivity index (χ3n) is 2.51. The average molecular weight is 331 g/mol. The van der Waals surface area contributed by atoms with Crippen molar-refractivity contribution in [2.45, 2.75) is 19.8 Å². The van der Waals surface area contributed by atoms with Crippen LogP contribution in [0.1, 0.15) is 19.8 Å². The number of hydrogen-bond donors (Lipinski definition) is 2. The van der Waals surface area contributed by atoms with E-state index in [2.05, 4.69) is 5.32 Å². The number of benzene rings is 1. The Morgan fingerprint density at radius 3 is 2.90 bits per heavy atom. The summed E-state index contributed by atoms with van der Waals surface area (Å²) in [4.78, 5) is 22.9. The van der Waals surface area contributed by atoms with Gasteiger partial charge in [-0.3, -0.25) is 9.59 Å². The van der Waals surface area contributed by atoms with Gasteiger partial charge in [0.2, 0.25) is 5.91 Å². The number of ether oxygens (including phenoxy) is 1. The monoisotopic (exact) mass is 330 g/mol. The Bertz CT molecular complexity index is 497. The van der Waals surface area contributed by atoms with Crippen molar-refractivity contribution in [2.75, 3.05) is 29.2 Å². The van der Waals surface area contributed by atoms with E-state index in [9.17, 15) is 9.59 Å². The molecule has 5 nitrogen and oxygen atoms in total. The first-order valence-electron chi connectivity index (χ1n) is 6.61. The zero-order valence-electron chi connectivity index (χ0n) is 11.9. The standard InChI is InChI=1S/C14H19ClN2O3S/c1-2-20-14(19)9-21-7-3-4-13(18)17-12-8-10(15)5-6-11(12)16/h5-6,8H,2-4,7,9,16H2,1H3,(H,17,18). The molecule has 0 aliphatic heterocycles. The maximum Gasteiger partial charge on any atom is 0.315 e. The van der Waals surface area contributed by atoms with Crippen molar-refractivity contribution < 1.29 is 14.3 Å². The van der Waals surface area contributed by atoms with Gasteiger partial charge in [-0.2, -0.15) is 11.8 Å². The molecular weight excluding hydrogens is 312 g/mol. The average Bonchev–Trinajstić information content (AvgIpc) is 2.43. The molecule has 0 aliphatic carbocycles. The van der Waals surface area contributed by atoms with Crippen LogP contribution in [-0.2, 0) is 14.3 Å². The molecule has 0 radical (unpaired) electrons. The van der Waals surface area contributed by atoms with E-state index in [1.807, 2.05) is 0 Å². The maximum atomic E-state index is 11.8. The smallest absolute Gasteiger partial charge is 0.315 e. The van der Waals surface area contributed by atoms with Crippen molar-refractivity contribution in [1.82, 2.24) is 0 Å². The van der Waals surface area contributed by atoms with Crippen molar-refractivity contribution in [3.63, 3.8) is 0 Å². The van der Waals surface area contributed by atoms with E-state index in [1.165, 1.54) is 11.8 Å². The summed E-state index contributed by atoms with van der Waals surface area (Å²) in [6, 6.07) is 4.93. The summed E-state index contributed by atoms with van der Waals surface area (Å²) >= 11 is 7.30. The maximum absolute atomic E-state index is 11.8. The highest BCUT2D eigenvalue weighted by molar-refractivity contribution is 7.99. The molecule has 1 amide bonds. The fourth-order valence-corrected chi connectivity index (χ4v) is 2.46. The summed E-state index contributed by atoms with van der Waals surface area (Å²) in [5.41, 5.74) is 6.74. The van der Waals surface area contributed by atoms with Crippen LogP contribution in [0, 0.1) is 0 Å². The molecule has 0 heterocycles. The predicted molar refractivity (Wildman–Crippen MR) is 87.7 cm³/mol. The Morgan fingerprint density at radius 2 is 2.19 bits per heavy atom. The minimum Gasteiger partial charge on any atom is -0.465 e. The number of carbonyl (C=O) groups excluding carboxylic acids is 2. The third kappa shape index (κ3) is 7.24. The lowest BCUT2D eigenvalue weighted by atomic mass is 10.2. The van der Waals surface area contributed by atoms with Gasteiger partial charge in [0, 0.05) is 11.4 Å². The van der Waals surface area contributed by atoms with E-state index in [0.29, 0.717) is 41.6 Å². The lowest BCUT2D eigenvalue weighted by molar-refractivity contribution is -0.139. The number of carbonyl (C=O) groups is 2. The molecular formula is C14H19ClN2O3S. The van der Waals surface area contributed by atoms with Crippen molar-refractivity contribution in [1.29, 1.82) is 0 Å². The SMILES string of the molecule is CCOC(=O)CSCCCC(=O)Nc1cc(Cl)ccc1N. The Hall–Kier alpha value is -1.40. The van der Waals surface area contributed by atoms with Crippen molar-refractivity contribution >= 4 is 46.6 Å². The van der Waals surface area contributed by atoms with Crippen LogP contribution >= 0.6 is 23.4 Å². The number of amides is 1. The third-order valence-corrected chi connectivity index (χ3v) is 3.76. The van der Waals surface area contributed by atoms with Crippen LogP contribution in [0.3, 0.4) is 0 Å². The highest BCUT2D eigenvalue weighted by Gasteiger charge is 2.07. The molecule has 0 aliphatic rings. The van der Waals surface area contributed by atoms with Gasteiger partial charge in [-0.15, -0.1) is 0 Å². The first-order chi connectivity index (χ1) is 10.0. The van der Waals surface area contributed by atoms with Gasteiger partial charge in [0.15, 0.2) is 0 Å². The summed E-state index contributed by atoms with van der Waals surface area (Å²) in [7, 11) is 0. The summed E-state index contributed by atoms with van der Waals surface area (Å²) in [6.45, 7) is 2.16. The normalized spacial score (nSPS) is 10.2. The summed E-state index contributed by atoms with van der Waals surface area (Å²) < 4.78 is 4.81. The minimum atomic E-state index is -0.223. The number of hydrogen-bond acceptors (Lipinski definition) is 5. The highest BCUT2D eigenvalue weighted by atomic mass is 35.5. The van der Waals surface area contributed by atoms with Gasteiger partial charge < -0.3 is 15.8 Å². The topological polar surface area (TPSA) is 81.4 Å². The molecule has 21 heavy (non-hydrogen) atoms. The summed E-state index contributed by atoms with van der Waals surface area (Å²) in [5, 5.41) is 3.24. The number of halogens is 1. The number of nitrogens with one attached hydrogen (secondary N) is 1. The van der Waals surface area contributed by atoms with Gasteiger partial charge in [-0.1, -0.05) is 11.6 Å². The summed E-state index contributed by atoms with van der Waals surface area (Å²) in [6.07, 6.45) is 1.04. The first kappa shape index (κ1) is 17.7. The first-order valence-corrected chi connectivity index (χ1v) is 8.14. The Morgan fingerprint density at radius 1 is 1.43 bits per heavy atom. The Kier molecular flexibility index (Phi) is 8.00. The Balaban J connectivity index is 2.22. The molecule has 0 aromatic heterocycles. The number of nitrogen functional groups attached to an aromatic ring is 1. The molecule has 0 atom stereocenters. The lowest BCUT2D eigenvalue weighted by Crippen LogP contribution is -2.13. The number of nitrogens with two attached hydrogens (primary N) is 1. The van der Waals surface area contributed by atoms with Gasteiger partial charge >= 0.3 is 5.97 Å². The fourth-order valence-electron chi connectivity index (χ4n) is 1.54. The second-order valence-corrected chi connectivity index (χ2v) is 5.78. The van der Waals surface area contributed by atoms with Crippen LogP contribution in [0.25, 0.3) is 0 Å². The molecule has 0 saturated carbocycles. The zero-order chi connectivity index (χ0) is 15.7. The fraction of sp³-hybridized carbons (Fsp3) is 0.429. The highest BCUT2D eigenvalue weighted by Crippen LogP contribution is 2.23. The van der Waals surface area contributed by atoms with Gasteiger partial charge in [-0.25, -0.2) is 0 Å². The molecule has 0 fully saturated rings. The number of esters is 1. The van der Waals surface area contributed by atoms with E-state index in [1.54, 1.807) is 25.1 Å². The second kappa shape index (κ2) is 9.52. The predicted octanol–water partition coefficient (Wildman–Crippen LogP) is 2.94. The minimum absolute atomic E-state index is 0.124. The molecule has 0 spiro atoms. The number of anilines is 2. The molecule has 1 aromatic rings. The van der Waals surface area contributed by atoms with Crippen LogP contribution in [0.5, 0.6) is 0 Å². The molecule has 1 aromatic carbocycles. The van der Waals surface area contributed by atoms with Gasteiger partial charge in [0.05, 0.1) is 23.7 Å². The van der Waals surface area contributed by atoms with Gasteiger partial charge in [0.1, 0.15) is 0 Å². The van der Waals surface area contributed by atoms with Crippen molar-refractivity contribution in [2.24, 2.45) is 0 Å². The molecule has 0 bridgehead atoms. The molecule has 3 N–H and O–H groups in total. The molecule has 116 valence electrons. The molecule has 0 saturated heterocycles. The van der Waals surface area contributed by atoms with Crippen LogP contribution in [0.15, 0.2) is 18.2 Å². The van der Waals surface area contributed by atoms with E-state index in [0.717, 1.165) is 5.75 Å². The van der Waals surface area contributed by atoms with E-state index in [4.69, 9.17) is 22.1 Å².